The molecule has 1 aromatic rings. The van der Waals surface area contributed by atoms with E-state index in [9.17, 15) is 17.6 Å². The fourth-order valence-electron chi connectivity index (χ4n) is 3.53. The predicted molar refractivity (Wildman–Crippen MR) is 76.3 cm³/mol. The second kappa shape index (κ2) is 5.16. The molecular weight excluding hydrogens is 293 g/mol. The average Bonchev–Trinajstić information content (AvgIpc) is 2.39. The first-order valence-corrected chi connectivity index (χ1v) is 8.90. The molecule has 2 aliphatic heterocycles. The van der Waals surface area contributed by atoms with Crippen molar-refractivity contribution in [2.24, 2.45) is 5.92 Å². The summed E-state index contributed by atoms with van der Waals surface area (Å²) in [6.45, 7) is 1.70. The van der Waals surface area contributed by atoms with Crippen LogP contribution in [0.3, 0.4) is 0 Å². The highest BCUT2D eigenvalue weighted by atomic mass is 32.2. The second-order valence-electron chi connectivity index (χ2n) is 6.08. The van der Waals surface area contributed by atoms with Crippen molar-refractivity contribution in [2.45, 2.75) is 49.5 Å². The molecule has 3 rings (SSSR count). The fraction of sp³-hybridized carbons (Fsp3) is 0.600. The Balaban J connectivity index is 1.89. The van der Waals surface area contributed by atoms with Gasteiger partial charge in [0, 0.05) is 11.6 Å². The summed E-state index contributed by atoms with van der Waals surface area (Å²) in [4.78, 5) is 16.5. The summed E-state index contributed by atoms with van der Waals surface area (Å²) in [5.74, 6) is -1.39. The summed E-state index contributed by atoms with van der Waals surface area (Å²) >= 11 is 0. The zero-order valence-electron chi connectivity index (χ0n) is 11.9. The number of sulfone groups is 1. The molecule has 0 radical (unpaired) electrons. The molecule has 1 aromatic heterocycles. The van der Waals surface area contributed by atoms with Crippen LogP contribution in [0.4, 0.5) is 4.39 Å². The molecule has 0 aromatic carbocycles. The molecular formula is C15H18FNO3S. The van der Waals surface area contributed by atoms with Gasteiger partial charge in [0.25, 0.3) is 0 Å². The first-order chi connectivity index (χ1) is 9.89. The van der Waals surface area contributed by atoms with Crippen molar-refractivity contribution in [3.05, 3.63) is 29.3 Å². The lowest BCUT2D eigenvalue weighted by molar-refractivity contribution is 0.0884. The summed E-state index contributed by atoms with van der Waals surface area (Å²) in [6.07, 6.45) is 2.75. The molecule has 0 spiro atoms. The molecule has 4 nitrogen and oxygen atoms in total. The Morgan fingerprint density at radius 2 is 1.86 bits per heavy atom. The van der Waals surface area contributed by atoms with Crippen molar-refractivity contribution in [3.8, 4) is 0 Å². The number of fused-ring (bicyclic) bond motifs is 2. The third-order valence-electron chi connectivity index (χ3n) is 4.67. The quantitative estimate of drug-likeness (QED) is 0.787. The van der Waals surface area contributed by atoms with Gasteiger partial charge in [-0.3, -0.25) is 4.79 Å². The van der Waals surface area contributed by atoms with E-state index in [-0.39, 0.29) is 11.5 Å². The van der Waals surface area contributed by atoms with Crippen LogP contribution in [-0.4, -0.2) is 29.7 Å². The summed E-state index contributed by atoms with van der Waals surface area (Å²) in [6, 6.07) is 2.77. The van der Waals surface area contributed by atoms with Crippen LogP contribution in [0.5, 0.6) is 0 Å². The second-order valence-corrected chi connectivity index (χ2v) is 8.59. The van der Waals surface area contributed by atoms with E-state index in [1.807, 2.05) is 0 Å². The smallest absolute Gasteiger partial charge is 0.187 e. The number of Topliss-reactive ketones (excluding diaryl/α,β-unsaturated/α-hetero) is 1. The molecule has 114 valence electrons. The average molecular weight is 311 g/mol. The molecule has 0 amide bonds. The van der Waals surface area contributed by atoms with Gasteiger partial charge in [0.05, 0.1) is 10.5 Å². The van der Waals surface area contributed by atoms with Crippen LogP contribution in [0.1, 0.15) is 48.3 Å². The zero-order chi connectivity index (χ0) is 15.2. The Morgan fingerprint density at radius 3 is 2.48 bits per heavy atom. The number of carbonyl (C=O) groups is 1. The van der Waals surface area contributed by atoms with E-state index in [1.54, 1.807) is 6.92 Å². The SMILES string of the molecule is Cc1ccc(F)c(C(=O)C2CC3CCCC(C2)S3(=O)=O)n1. The molecule has 2 bridgehead atoms. The van der Waals surface area contributed by atoms with Crippen molar-refractivity contribution in [1.82, 2.24) is 4.98 Å². The normalized spacial score (nSPS) is 30.9. The molecule has 3 heterocycles. The number of pyridine rings is 1. The van der Waals surface area contributed by atoms with Crippen LogP contribution in [0.15, 0.2) is 12.1 Å². The maximum Gasteiger partial charge on any atom is 0.187 e. The third-order valence-corrected chi connectivity index (χ3v) is 7.38. The third kappa shape index (κ3) is 2.50. The minimum atomic E-state index is -3.10. The van der Waals surface area contributed by atoms with Crippen molar-refractivity contribution < 1.29 is 17.6 Å². The monoisotopic (exact) mass is 311 g/mol. The number of hydrogen-bond donors (Lipinski definition) is 0. The molecule has 0 saturated carbocycles. The molecule has 2 aliphatic rings. The number of hydrogen-bond acceptors (Lipinski definition) is 4. The lowest BCUT2D eigenvalue weighted by atomic mass is 9.85. The Hall–Kier alpha value is -1.30. The number of rotatable bonds is 2. The molecule has 0 aliphatic carbocycles. The van der Waals surface area contributed by atoms with Crippen molar-refractivity contribution in [1.29, 1.82) is 0 Å². The van der Waals surface area contributed by atoms with Gasteiger partial charge in [0.2, 0.25) is 0 Å². The Morgan fingerprint density at radius 1 is 1.24 bits per heavy atom. The van der Waals surface area contributed by atoms with Crippen molar-refractivity contribution in [2.75, 3.05) is 0 Å². The van der Waals surface area contributed by atoms with Gasteiger partial charge in [-0.1, -0.05) is 6.42 Å². The maximum atomic E-state index is 13.8. The van der Waals surface area contributed by atoms with Crippen LogP contribution in [0.25, 0.3) is 0 Å². The molecule has 0 N–H and O–H groups in total. The van der Waals surface area contributed by atoms with Crippen LogP contribution < -0.4 is 0 Å². The summed E-state index contributed by atoms with van der Waals surface area (Å²) < 4.78 is 38.3. The number of halogens is 1. The molecule has 2 atom stereocenters. The molecule has 2 unspecified atom stereocenters. The van der Waals surface area contributed by atoms with Gasteiger partial charge >= 0.3 is 0 Å². The van der Waals surface area contributed by atoms with Crippen LogP contribution >= 0.6 is 0 Å². The van der Waals surface area contributed by atoms with E-state index < -0.39 is 32.1 Å². The van der Waals surface area contributed by atoms with Crippen LogP contribution in [0, 0.1) is 18.7 Å². The standard InChI is InChI=1S/C15H18FNO3S/c1-9-5-6-13(16)14(17-9)15(18)10-7-11-3-2-4-12(8-10)21(11,19)20/h5-6,10-12H,2-4,7-8H2,1H3. The van der Waals surface area contributed by atoms with Crippen molar-refractivity contribution in [3.63, 3.8) is 0 Å². The summed E-state index contributed by atoms with van der Waals surface area (Å²) in [7, 11) is -3.10. The molecule has 2 saturated heterocycles. The topological polar surface area (TPSA) is 64.1 Å². The Bertz CT molecular complexity index is 666. The summed E-state index contributed by atoms with van der Waals surface area (Å²) in [5, 5.41) is -0.876. The van der Waals surface area contributed by atoms with E-state index in [1.165, 1.54) is 12.1 Å². The van der Waals surface area contributed by atoms with Crippen LogP contribution in [-0.2, 0) is 9.84 Å². The molecule has 21 heavy (non-hydrogen) atoms. The van der Waals surface area contributed by atoms with E-state index in [0.29, 0.717) is 31.4 Å². The highest BCUT2D eigenvalue weighted by Gasteiger charge is 2.46. The lowest BCUT2D eigenvalue weighted by Gasteiger charge is -2.38. The largest absolute Gasteiger partial charge is 0.292 e. The van der Waals surface area contributed by atoms with Gasteiger partial charge in [0.1, 0.15) is 5.69 Å². The van der Waals surface area contributed by atoms with Gasteiger partial charge in [-0.2, -0.15) is 0 Å². The number of aromatic nitrogens is 1. The number of carbonyl (C=O) groups excluding carboxylic acids is 1. The van der Waals surface area contributed by atoms with Gasteiger partial charge in [-0.15, -0.1) is 0 Å². The number of ketones is 1. The van der Waals surface area contributed by atoms with Crippen molar-refractivity contribution >= 4 is 15.6 Å². The number of nitrogens with zero attached hydrogens (tertiary/aromatic N) is 1. The minimum absolute atomic E-state index is 0.141. The maximum absolute atomic E-state index is 13.8. The highest BCUT2D eigenvalue weighted by molar-refractivity contribution is 7.92. The summed E-state index contributed by atoms with van der Waals surface area (Å²) in [5.41, 5.74) is 0.445. The minimum Gasteiger partial charge on any atom is -0.292 e. The lowest BCUT2D eigenvalue weighted by Crippen LogP contribution is -2.45. The van der Waals surface area contributed by atoms with E-state index in [4.69, 9.17) is 0 Å². The Kier molecular flexibility index (Phi) is 3.59. The molecule has 6 heteroatoms. The first kappa shape index (κ1) is 14.6. The van der Waals surface area contributed by atoms with Gasteiger partial charge in [-0.05, 0) is 44.7 Å². The van der Waals surface area contributed by atoms with Gasteiger partial charge in [0.15, 0.2) is 21.4 Å². The number of aryl methyl sites for hydroxylation is 1. The van der Waals surface area contributed by atoms with E-state index in [0.717, 1.165) is 6.42 Å². The fourth-order valence-corrected chi connectivity index (χ4v) is 6.06. The van der Waals surface area contributed by atoms with E-state index in [2.05, 4.69) is 4.98 Å². The van der Waals surface area contributed by atoms with Gasteiger partial charge < -0.3 is 0 Å². The van der Waals surface area contributed by atoms with Crippen LogP contribution in [0.2, 0.25) is 0 Å². The Labute approximate surface area is 123 Å². The predicted octanol–water partition coefficient (Wildman–Crippen LogP) is 2.46. The highest BCUT2D eigenvalue weighted by Crippen LogP contribution is 2.40. The zero-order valence-corrected chi connectivity index (χ0v) is 12.7. The van der Waals surface area contributed by atoms with E-state index >= 15 is 0 Å². The first-order valence-electron chi connectivity index (χ1n) is 7.29. The molecule has 2 fully saturated rings. The van der Waals surface area contributed by atoms with Gasteiger partial charge in [-0.25, -0.2) is 17.8 Å².